The largest absolute Gasteiger partial charge is 0.478 e. The Kier molecular flexibility index (Phi) is 5.39. The summed E-state index contributed by atoms with van der Waals surface area (Å²) in [5.41, 5.74) is 0.291. The highest BCUT2D eigenvalue weighted by atomic mass is 16.4. The van der Waals surface area contributed by atoms with Crippen LogP contribution in [0.2, 0.25) is 0 Å². The SMILES string of the molecule is C=C(CC(C)N(CC)CC)C(=O)O. The van der Waals surface area contributed by atoms with Crippen molar-refractivity contribution >= 4 is 5.97 Å². The van der Waals surface area contributed by atoms with Crippen molar-refractivity contribution in [2.45, 2.75) is 33.2 Å². The first-order valence-corrected chi connectivity index (χ1v) is 4.68. The second-order valence-corrected chi connectivity index (χ2v) is 3.18. The smallest absolute Gasteiger partial charge is 0.331 e. The zero-order valence-corrected chi connectivity index (χ0v) is 8.71. The summed E-state index contributed by atoms with van der Waals surface area (Å²) in [6.45, 7) is 11.6. The number of hydrogen-bond acceptors (Lipinski definition) is 2. The van der Waals surface area contributed by atoms with Crippen molar-refractivity contribution in [1.82, 2.24) is 4.90 Å². The predicted octanol–water partition coefficient (Wildman–Crippen LogP) is 1.75. The number of hydrogen-bond donors (Lipinski definition) is 1. The van der Waals surface area contributed by atoms with Crippen molar-refractivity contribution < 1.29 is 9.90 Å². The third kappa shape index (κ3) is 4.08. The molecule has 0 aliphatic carbocycles. The zero-order valence-electron chi connectivity index (χ0n) is 8.71. The van der Waals surface area contributed by atoms with Gasteiger partial charge < -0.3 is 10.0 Å². The summed E-state index contributed by atoms with van der Waals surface area (Å²) >= 11 is 0. The molecule has 0 amide bonds. The van der Waals surface area contributed by atoms with Crippen LogP contribution in [0.3, 0.4) is 0 Å². The van der Waals surface area contributed by atoms with E-state index < -0.39 is 5.97 Å². The molecule has 0 aliphatic rings. The lowest BCUT2D eigenvalue weighted by atomic mass is 10.1. The van der Waals surface area contributed by atoms with E-state index in [1.54, 1.807) is 0 Å². The molecule has 1 N–H and O–H groups in total. The van der Waals surface area contributed by atoms with Gasteiger partial charge in [0.25, 0.3) is 0 Å². The van der Waals surface area contributed by atoms with E-state index in [4.69, 9.17) is 5.11 Å². The molecule has 0 aromatic carbocycles. The number of carboxylic acid groups (broad SMARTS) is 1. The van der Waals surface area contributed by atoms with E-state index in [1.807, 2.05) is 6.92 Å². The highest BCUT2D eigenvalue weighted by Crippen LogP contribution is 2.09. The second-order valence-electron chi connectivity index (χ2n) is 3.18. The van der Waals surface area contributed by atoms with E-state index in [1.165, 1.54) is 0 Å². The van der Waals surface area contributed by atoms with Crippen LogP contribution in [0.15, 0.2) is 12.2 Å². The fraction of sp³-hybridized carbons (Fsp3) is 0.700. The number of nitrogens with zero attached hydrogens (tertiary/aromatic N) is 1. The highest BCUT2D eigenvalue weighted by Gasteiger charge is 2.14. The number of carboxylic acids is 1. The van der Waals surface area contributed by atoms with Crippen LogP contribution in [0, 0.1) is 0 Å². The Hall–Kier alpha value is -0.830. The predicted molar refractivity (Wildman–Crippen MR) is 53.8 cm³/mol. The summed E-state index contributed by atoms with van der Waals surface area (Å²) in [5, 5.41) is 8.64. The average molecular weight is 185 g/mol. The van der Waals surface area contributed by atoms with Gasteiger partial charge in [0.15, 0.2) is 0 Å². The molecule has 3 nitrogen and oxygen atoms in total. The van der Waals surface area contributed by atoms with Gasteiger partial charge >= 0.3 is 5.97 Å². The monoisotopic (exact) mass is 185 g/mol. The molecule has 0 aromatic heterocycles. The molecule has 0 spiro atoms. The van der Waals surface area contributed by atoms with E-state index >= 15 is 0 Å². The molecule has 13 heavy (non-hydrogen) atoms. The van der Waals surface area contributed by atoms with Crippen molar-refractivity contribution in [3.63, 3.8) is 0 Å². The Labute approximate surface area is 80.0 Å². The Morgan fingerprint density at radius 1 is 1.46 bits per heavy atom. The maximum Gasteiger partial charge on any atom is 0.331 e. The molecular weight excluding hydrogens is 166 g/mol. The van der Waals surface area contributed by atoms with Gasteiger partial charge in [-0.15, -0.1) is 0 Å². The fourth-order valence-corrected chi connectivity index (χ4v) is 1.42. The number of carbonyl (C=O) groups is 1. The summed E-state index contributed by atoms with van der Waals surface area (Å²) < 4.78 is 0. The zero-order chi connectivity index (χ0) is 10.4. The molecule has 0 fully saturated rings. The van der Waals surface area contributed by atoms with Crippen molar-refractivity contribution in [3.05, 3.63) is 12.2 Å². The van der Waals surface area contributed by atoms with Crippen LogP contribution in [0.25, 0.3) is 0 Å². The molecule has 0 bridgehead atoms. The number of aliphatic carboxylic acids is 1. The molecule has 0 radical (unpaired) electrons. The lowest BCUT2D eigenvalue weighted by molar-refractivity contribution is -0.132. The second kappa shape index (κ2) is 5.75. The maximum absolute atomic E-state index is 10.5. The minimum absolute atomic E-state index is 0.263. The average Bonchev–Trinajstić information content (AvgIpc) is 2.06. The van der Waals surface area contributed by atoms with Gasteiger partial charge in [-0.2, -0.15) is 0 Å². The highest BCUT2D eigenvalue weighted by molar-refractivity contribution is 5.85. The van der Waals surface area contributed by atoms with Gasteiger partial charge in [0, 0.05) is 11.6 Å². The first-order valence-electron chi connectivity index (χ1n) is 4.68. The van der Waals surface area contributed by atoms with Crippen molar-refractivity contribution in [3.8, 4) is 0 Å². The molecular formula is C10H19NO2. The Balaban J connectivity index is 4.04. The van der Waals surface area contributed by atoms with Crippen LogP contribution < -0.4 is 0 Å². The number of rotatable bonds is 6. The van der Waals surface area contributed by atoms with Gasteiger partial charge in [-0.1, -0.05) is 20.4 Å². The van der Waals surface area contributed by atoms with Crippen molar-refractivity contribution in [1.29, 1.82) is 0 Å². The first-order chi connectivity index (χ1) is 6.02. The van der Waals surface area contributed by atoms with Crippen LogP contribution in [-0.4, -0.2) is 35.1 Å². The molecule has 0 saturated heterocycles. The normalized spacial score (nSPS) is 12.9. The summed E-state index contributed by atoms with van der Waals surface area (Å²) in [4.78, 5) is 12.7. The Morgan fingerprint density at radius 3 is 2.23 bits per heavy atom. The van der Waals surface area contributed by atoms with E-state index in [-0.39, 0.29) is 6.04 Å². The molecule has 1 atom stereocenters. The molecule has 3 heteroatoms. The lowest BCUT2D eigenvalue weighted by Crippen LogP contribution is -2.33. The van der Waals surface area contributed by atoms with Gasteiger partial charge in [-0.25, -0.2) is 4.79 Å². The molecule has 0 aromatic rings. The summed E-state index contributed by atoms with van der Waals surface area (Å²) in [6.07, 6.45) is 0.539. The molecule has 76 valence electrons. The standard InChI is InChI=1S/C10H19NO2/c1-5-11(6-2)9(4)7-8(3)10(12)13/h9H,3,5-7H2,1-2,4H3,(H,12,13). The fourth-order valence-electron chi connectivity index (χ4n) is 1.42. The van der Waals surface area contributed by atoms with Crippen LogP contribution in [-0.2, 0) is 4.79 Å². The third-order valence-corrected chi connectivity index (χ3v) is 2.28. The Bertz CT molecular complexity index is 185. The summed E-state index contributed by atoms with van der Waals surface area (Å²) in [7, 11) is 0. The van der Waals surface area contributed by atoms with Crippen LogP contribution >= 0.6 is 0 Å². The van der Waals surface area contributed by atoms with Gasteiger partial charge in [0.1, 0.15) is 0 Å². The minimum Gasteiger partial charge on any atom is -0.478 e. The third-order valence-electron chi connectivity index (χ3n) is 2.28. The van der Waals surface area contributed by atoms with Crippen LogP contribution in [0.1, 0.15) is 27.2 Å². The summed E-state index contributed by atoms with van der Waals surface area (Å²) in [6, 6.07) is 0.263. The van der Waals surface area contributed by atoms with E-state index in [2.05, 4.69) is 25.3 Å². The van der Waals surface area contributed by atoms with Crippen molar-refractivity contribution in [2.24, 2.45) is 0 Å². The molecule has 1 unspecified atom stereocenters. The first kappa shape index (κ1) is 12.2. The van der Waals surface area contributed by atoms with Gasteiger partial charge in [-0.3, -0.25) is 0 Å². The topological polar surface area (TPSA) is 40.5 Å². The van der Waals surface area contributed by atoms with Gasteiger partial charge in [0.2, 0.25) is 0 Å². The minimum atomic E-state index is -0.890. The van der Waals surface area contributed by atoms with Gasteiger partial charge in [-0.05, 0) is 26.4 Å². The molecule has 0 rings (SSSR count). The molecule has 0 heterocycles. The van der Waals surface area contributed by atoms with E-state index in [0.29, 0.717) is 12.0 Å². The van der Waals surface area contributed by atoms with Crippen LogP contribution in [0.5, 0.6) is 0 Å². The lowest BCUT2D eigenvalue weighted by Gasteiger charge is -2.26. The Morgan fingerprint density at radius 2 is 1.92 bits per heavy atom. The molecule has 0 aliphatic heterocycles. The van der Waals surface area contributed by atoms with Crippen molar-refractivity contribution in [2.75, 3.05) is 13.1 Å². The van der Waals surface area contributed by atoms with E-state index in [0.717, 1.165) is 13.1 Å². The van der Waals surface area contributed by atoms with E-state index in [9.17, 15) is 4.79 Å². The molecule has 0 saturated carbocycles. The summed E-state index contributed by atoms with van der Waals surface area (Å²) in [5.74, 6) is -0.890. The quantitative estimate of drug-likeness (QED) is 0.641. The van der Waals surface area contributed by atoms with Crippen LogP contribution in [0.4, 0.5) is 0 Å². The van der Waals surface area contributed by atoms with Gasteiger partial charge in [0.05, 0.1) is 0 Å². The maximum atomic E-state index is 10.5.